The van der Waals surface area contributed by atoms with E-state index in [-0.39, 0.29) is 56.2 Å². The lowest BCUT2D eigenvalue weighted by Gasteiger charge is -2.40. The third kappa shape index (κ3) is 12.3. The van der Waals surface area contributed by atoms with Crippen molar-refractivity contribution in [2.45, 2.75) is 95.8 Å². The van der Waals surface area contributed by atoms with Crippen molar-refractivity contribution in [2.75, 3.05) is 52.6 Å². The number of esters is 1. The number of hydrogen-bond donors (Lipinski definition) is 1. The monoisotopic (exact) mass is 1000 g/mol. The molecule has 0 radical (unpaired) electrons. The lowest BCUT2D eigenvalue weighted by molar-refractivity contribution is -0.152. The summed E-state index contributed by atoms with van der Waals surface area (Å²) in [4.78, 5) is 41.3. The van der Waals surface area contributed by atoms with E-state index in [1.54, 1.807) is 70.3 Å². The Morgan fingerprint density at radius 1 is 0.806 bits per heavy atom. The molecule has 1 fully saturated rings. The van der Waals surface area contributed by atoms with Gasteiger partial charge in [-0.25, -0.2) is 15.0 Å². The maximum absolute atomic E-state index is 14.1. The standard InChI is InChI=1S/C55H65N6O10P/c1-11-30-54(6,7)70-46(62)34-72(61(37(2)3)38(4)5)71-48-45(33-68-55(40-20-16-13-17-21-40,41-22-26-43(65-9)27-23-41)42-24-28-44(66-10)29-25-42)69-53(49(48)67-32-31-64-8)60-36-58-47-50(56-35-57-51(47)60)59-52(63)39-18-14-12-15-19-39/h1,12-29,35-38,45,48-49,53H,30-34H2,2-10H3,(H,56,57,59,63)/t45-,48+,49?,53-,72?/m1/s1. The average molecular weight is 1000 g/mol. The highest BCUT2D eigenvalue weighted by atomic mass is 31.2. The molecule has 2 aromatic heterocycles. The molecule has 6 aromatic rings. The zero-order valence-corrected chi connectivity index (χ0v) is 43.3. The SMILES string of the molecule is C#CCC(C)(C)OC(=O)CP(O[C@@H]1C(OCCOC)[C@H](n2cnc3c(NC(=O)c4ccccc4)ncnc32)O[C@@H]1COC(c1ccccc1)(c1ccc(OC)cc1)c1ccc(OC)cc1)N(C(C)C)C(C)C. The van der Waals surface area contributed by atoms with Gasteiger partial charge in [0.05, 0.1) is 40.4 Å². The number of carbonyl (C=O) groups excluding carboxylic acids is 2. The van der Waals surface area contributed by atoms with E-state index >= 15 is 0 Å². The largest absolute Gasteiger partial charge is 0.497 e. The number of nitrogens with zero attached hydrogens (tertiary/aromatic N) is 5. The summed E-state index contributed by atoms with van der Waals surface area (Å²) in [6.45, 7) is 12.2. The van der Waals surface area contributed by atoms with E-state index in [1.165, 1.54) is 6.33 Å². The van der Waals surface area contributed by atoms with Crippen LogP contribution in [0.2, 0.25) is 0 Å². The summed E-state index contributed by atoms with van der Waals surface area (Å²) in [7, 11) is 3.07. The normalized spacial score (nSPS) is 17.5. The van der Waals surface area contributed by atoms with E-state index in [4.69, 9.17) is 49.1 Å². The van der Waals surface area contributed by atoms with Gasteiger partial charge in [-0.1, -0.05) is 72.8 Å². The predicted molar refractivity (Wildman–Crippen MR) is 276 cm³/mol. The van der Waals surface area contributed by atoms with Gasteiger partial charge >= 0.3 is 5.97 Å². The van der Waals surface area contributed by atoms with E-state index < -0.39 is 50.0 Å². The summed E-state index contributed by atoms with van der Waals surface area (Å²) in [6, 6.07) is 34.2. The van der Waals surface area contributed by atoms with E-state index in [9.17, 15) is 9.59 Å². The summed E-state index contributed by atoms with van der Waals surface area (Å²) in [5, 5.41) is 2.90. The fraction of sp³-hybridized carbons (Fsp3) is 0.400. The maximum atomic E-state index is 14.1. The molecule has 0 spiro atoms. The molecule has 1 aliphatic rings. The molecule has 0 saturated carbocycles. The number of amides is 1. The molecule has 3 heterocycles. The predicted octanol–water partition coefficient (Wildman–Crippen LogP) is 9.19. The Bertz CT molecular complexity index is 2680. The number of anilines is 1. The molecule has 0 aliphatic carbocycles. The molecule has 1 N–H and O–H groups in total. The number of ether oxygens (including phenoxy) is 7. The van der Waals surface area contributed by atoms with Crippen molar-refractivity contribution in [3.63, 3.8) is 0 Å². The van der Waals surface area contributed by atoms with Gasteiger partial charge in [-0.15, -0.1) is 12.3 Å². The quantitative estimate of drug-likeness (QED) is 0.0200. The summed E-state index contributed by atoms with van der Waals surface area (Å²) in [5.41, 5.74) is 1.45. The number of rotatable bonds is 24. The number of fused-ring (bicyclic) bond motifs is 1. The minimum Gasteiger partial charge on any atom is -0.497 e. The van der Waals surface area contributed by atoms with Crippen LogP contribution < -0.4 is 14.8 Å². The van der Waals surface area contributed by atoms with Crippen molar-refractivity contribution in [1.29, 1.82) is 0 Å². The number of benzene rings is 4. The second-order valence-corrected chi connectivity index (χ2v) is 20.0. The van der Waals surface area contributed by atoms with Gasteiger partial charge in [0, 0.05) is 31.2 Å². The summed E-state index contributed by atoms with van der Waals surface area (Å²) in [6.07, 6.45) is 5.17. The zero-order chi connectivity index (χ0) is 51.4. The molecule has 1 amide bonds. The number of imidazole rings is 1. The molecule has 16 nitrogen and oxygen atoms in total. The van der Waals surface area contributed by atoms with Crippen molar-refractivity contribution >= 4 is 37.2 Å². The summed E-state index contributed by atoms with van der Waals surface area (Å²) < 4.78 is 55.7. The van der Waals surface area contributed by atoms with Gasteiger partial charge in [-0.05, 0) is 94.6 Å². The van der Waals surface area contributed by atoms with Gasteiger partial charge in [0.15, 0.2) is 23.2 Å². The highest BCUT2D eigenvalue weighted by Gasteiger charge is 2.52. The van der Waals surface area contributed by atoms with E-state index in [0.717, 1.165) is 16.7 Å². The first-order valence-corrected chi connectivity index (χ1v) is 25.3. The Balaban J connectivity index is 1.38. The molecule has 2 unspecified atom stereocenters. The van der Waals surface area contributed by atoms with Crippen molar-refractivity contribution in [2.24, 2.45) is 0 Å². The smallest absolute Gasteiger partial charge is 0.314 e. The Labute approximate surface area is 423 Å². The first-order chi connectivity index (χ1) is 34.7. The fourth-order valence-corrected chi connectivity index (χ4v) is 11.2. The molecular weight excluding hydrogens is 936 g/mol. The second-order valence-electron chi connectivity index (χ2n) is 18.3. The van der Waals surface area contributed by atoms with Crippen LogP contribution in [-0.2, 0) is 38.6 Å². The van der Waals surface area contributed by atoms with E-state index in [2.05, 4.69) is 53.6 Å². The van der Waals surface area contributed by atoms with Crippen LogP contribution in [0.25, 0.3) is 11.2 Å². The van der Waals surface area contributed by atoms with Crippen LogP contribution in [0.15, 0.2) is 122 Å². The molecule has 0 bridgehead atoms. The number of aromatic nitrogens is 4. The van der Waals surface area contributed by atoms with Crippen LogP contribution in [0.3, 0.4) is 0 Å². The molecular formula is C55H65N6O10P. The number of hydrogen-bond acceptors (Lipinski definition) is 14. The third-order valence-electron chi connectivity index (χ3n) is 12.2. The molecule has 380 valence electrons. The van der Waals surface area contributed by atoms with Gasteiger partial charge in [-0.3, -0.25) is 18.8 Å². The van der Waals surface area contributed by atoms with Gasteiger partial charge in [0.2, 0.25) is 0 Å². The van der Waals surface area contributed by atoms with Crippen LogP contribution in [0, 0.1) is 12.3 Å². The number of nitrogens with one attached hydrogen (secondary N) is 1. The molecule has 1 aliphatic heterocycles. The first kappa shape index (κ1) is 53.5. The maximum Gasteiger partial charge on any atom is 0.314 e. The second kappa shape index (κ2) is 24.4. The Morgan fingerprint density at radius 2 is 1.40 bits per heavy atom. The third-order valence-corrected chi connectivity index (χ3v) is 14.6. The minimum absolute atomic E-state index is 0.0574. The average Bonchev–Trinajstić information content (AvgIpc) is 3.96. The van der Waals surface area contributed by atoms with Gasteiger partial charge in [-0.2, -0.15) is 0 Å². The van der Waals surface area contributed by atoms with E-state index in [0.29, 0.717) is 28.2 Å². The van der Waals surface area contributed by atoms with Gasteiger partial charge in [0.25, 0.3) is 5.91 Å². The minimum atomic E-state index is -1.78. The molecule has 7 rings (SSSR count). The highest BCUT2D eigenvalue weighted by Crippen LogP contribution is 2.51. The number of methoxy groups -OCH3 is 3. The zero-order valence-electron chi connectivity index (χ0n) is 42.4. The number of carbonyl (C=O) groups is 2. The van der Waals surface area contributed by atoms with Crippen LogP contribution in [0.1, 0.15) is 81.2 Å². The van der Waals surface area contributed by atoms with Crippen molar-refractivity contribution in [1.82, 2.24) is 24.2 Å². The topological polar surface area (TPSA) is 167 Å². The molecule has 5 atom stereocenters. The first-order valence-electron chi connectivity index (χ1n) is 23.9. The molecule has 72 heavy (non-hydrogen) atoms. The fourth-order valence-electron chi connectivity index (χ4n) is 8.98. The molecule has 4 aromatic carbocycles. The van der Waals surface area contributed by atoms with E-state index in [1.807, 2.05) is 84.9 Å². The Kier molecular flexibility index (Phi) is 18.2. The van der Waals surface area contributed by atoms with Crippen LogP contribution in [0.5, 0.6) is 11.5 Å². The van der Waals surface area contributed by atoms with Gasteiger partial charge < -0.3 is 43.0 Å². The lowest BCUT2D eigenvalue weighted by atomic mass is 9.80. The summed E-state index contributed by atoms with van der Waals surface area (Å²) >= 11 is 0. The van der Waals surface area contributed by atoms with Crippen molar-refractivity contribution in [3.8, 4) is 23.8 Å². The van der Waals surface area contributed by atoms with Crippen LogP contribution in [-0.4, -0.2) is 119 Å². The highest BCUT2D eigenvalue weighted by molar-refractivity contribution is 7.51. The van der Waals surface area contributed by atoms with Crippen LogP contribution >= 0.6 is 8.30 Å². The molecule has 1 saturated heterocycles. The lowest BCUT2D eigenvalue weighted by Crippen LogP contribution is -2.43. The summed E-state index contributed by atoms with van der Waals surface area (Å²) in [5.74, 6) is 3.36. The van der Waals surface area contributed by atoms with Crippen molar-refractivity contribution < 1.29 is 47.3 Å². The van der Waals surface area contributed by atoms with Crippen molar-refractivity contribution in [3.05, 3.63) is 144 Å². The number of terminal acetylenes is 1. The van der Waals surface area contributed by atoms with Gasteiger partial charge in [0.1, 0.15) is 61.8 Å². The Hall–Kier alpha value is -6.28. The Morgan fingerprint density at radius 3 is 1.97 bits per heavy atom. The van der Waals surface area contributed by atoms with Crippen LogP contribution in [0.4, 0.5) is 5.82 Å². The molecule has 17 heteroatoms.